The second-order valence-corrected chi connectivity index (χ2v) is 10.6. The number of hydrogen-bond acceptors (Lipinski definition) is 6. The van der Waals surface area contributed by atoms with E-state index >= 15 is 0 Å². The fraction of sp³-hybridized carbons (Fsp3) is 0.615. The van der Waals surface area contributed by atoms with Crippen molar-refractivity contribution in [3.8, 4) is 0 Å². The summed E-state index contributed by atoms with van der Waals surface area (Å²) in [6.07, 6.45) is 7.33. The predicted molar refractivity (Wildman–Crippen MR) is 137 cm³/mol. The van der Waals surface area contributed by atoms with E-state index < -0.39 is 17.7 Å². The van der Waals surface area contributed by atoms with Crippen LogP contribution in [-0.4, -0.2) is 59.2 Å². The van der Waals surface area contributed by atoms with Crippen LogP contribution < -0.4 is 10.7 Å². The summed E-state index contributed by atoms with van der Waals surface area (Å²) < 4.78 is 5.45. The lowest BCUT2D eigenvalue weighted by molar-refractivity contribution is -0.142. The van der Waals surface area contributed by atoms with Crippen LogP contribution in [0, 0.1) is 11.8 Å². The molecule has 0 spiro atoms. The highest BCUT2D eigenvalue weighted by Crippen LogP contribution is 2.25. The lowest BCUT2D eigenvalue weighted by Crippen LogP contribution is -2.53. The molecule has 190 valence electrons. The van der Waals surface area contributed by atoms with E-state index in [0.717, 1.165) is 56.4 Å². The Morgan fingerprint density at radius 3 is 2.46 bits per heavy atom. The van der Waals surface area contributed by atoms with Gasteiger partial charge in [-0.1, -0.05) is 67.8 Å². The molecule has 0 radical (unpaired) electrons. The van der Waals surface area contributed by atoms with Crippen molar-refractivity contribution in [2.75, 3.05) is 25.5 Å². The Labute approximate surface area is 211 Å². The van der Waals surface area contributed by atoms with Crippen LogP contribution in [0.2, 0.25) is 0 Å². The Hall–Kier alpha value is -2.39. The number of amides is 2. The number of carbonyl (C=O) groups is 3. The van der Waals surface area contributed by atoms with Gasteiger partial charge in [0.1, 0.15) is 6.04 Å². The number of carbonyl (C=O) groups excluding carboxylic acids is 3. The highest BCUT2D eigenvalue weighted by Gasteiger charge is 2.36. The Morgan fingerprint density at radius 1 is 1.03 bits per heavy atom. The topological polar surface area (TPSA) is 100 Å². The van der Waals surface area contributed by atoms with Gasteiger partial charge in [-0.15, -0.1) is 5.10 Å². The van der Waals surface area contributed by atoms with Gasteiger partial charge in [-0.3, -0.25) is 14.4 Å². The van der Waals surface area contributed by atoms with Gasteiger partial charge < -0.3 is 15.0 Å². The zero-order valence-corrected chi connectivity index (χ0v) is 21.1. The van der Waals surface area contributed by atoms with E-state index in [9.17, 15) is 14.4 Å². The molecule has 8 nitrogen and oxygen atoms in total. The summed E-state index contributed by atoms with van der Waals surface area (Å²) in [5.74, 6) is -0.825. The van der Waals surface area contributed by atoms with Gasteiger partial charge in [0, 0.05) is 38.0 Å². The van der Waals surface area contributed by atoms with Crippen molar-refractivity contribution in [1.29, 1.82) is 0 Å². The van der Waals surface area contributed by atoms with Crippen LogP contribution in [0.4, 0.5) is 0 Å². The molecule has 1 aliphatic carbocycles. The van der Waals surface area contributed by atoms with Crippen molar-refractivity contribution in [2.24, 2.45) is 16.9 Å². The van der Waals surface area contributed by atoms with Crippen LogP contribution >= 0.6 is 11.8 Å². The number of rotatable bonds is 8. The van der Waals surface area contributed by atoms with Gasteiger partial charge in [0.2, 0.25) is 11.7 Å². The molecule has 1 unspecified atom stereocenters. The van der Waals surface area contributed by atoms with Gasteiger partial charge in [0.05, 0.1) is 0 Å². The number of amidine groups is 1. The molecule has 9 heteroatoms. The van der Waals surface area contributed by atoms with Crippen molar-refractivity contribution in [3.05, 3.63) is 35.9 Å². The second-order valence-electron chi connectivity index (χ2n) is 9.58. The molecule has 2 amide bonds. The number of ketones is 1. The van der Waals surface area contributed by atoms with Crippen LogP contribution in [0.3, 0.4) is 0 Å². The molecule has 0 aromatic heterocycles. The van der Waals surface area contributed by atoms with Gasteiger partial charge in [-0.05, 0) is 37.2 Å². The molecule has 1 atom stereocenters. The first-order valence-corrected chi connectivity index (χ1v) is 13.8. The van der Waals surface area contributed by atoms with E-state index in [1.165, 1.54) is 0 Å². The summed E-state index contributed by atoms with van der Waals surface area (Å²) in [7, 11) is 0. The minimum Gasteiger partial charge on any atom is -0.381 e. The van der Waals surface area contributed by atoms with Crippen molar-refractivity contribution < 1.29 is 19.1 Å². The van der Waals surface area contributed by atoms with Gasteiger partial charge >= 0.3 is 5.91 Å². The molecule has 1 aromatic rings. The van der Waals surface area contributed by atoms with Crippen LogP contribution in [0.5, 0.6) is 0 Å². The fourth-order valence-electron chi connectivity index (χ4n) is 5.04. The third-order valence-corrected chi connectivity index (χ3v) is 8.09. The summed E-state index contributed by atoms with van der Waals surface area (Å²) in [6, 6.07) is 9.24. The SMILES string of the molecule is O=C(NN=C1SCCN1Cc1ccccc1)C(=O)C(NC(=O)C1CCCCCC1)C1CCOCC1. The highest BCUT2D eigenvalue weighted by molar-refractivity contribution is 8.14. The highest BCUT2D eigenvalue weighted by atomic mass is 32.2. The largest absolute Gasteiger partial charge is 0.381 e. The van der Waals surface area contributed by atoms with Gasteiger partial charge in [-0.25, -0.2) is 5.43 Å². The standard InChI is InChI=1S/C26H36N4O4S/c31-23(25(33)28-29-26-30(14-17-35-26)18-19-8-4-3-5-9-19)22(20-12-15-34-16-13-20)27-24(32)21-10-6-1-2-7-11-21/h3-5,8-9,20-22H,1-2,6-7,10-18H2,(H,27,32)(H,28,33). The van der Waals surface area contributed by atoms with Crippen LogP contribution in [0.15, 0.2) is 35.4 Å². The third kappa shape index (κ3) is 7.30. The number of hydrogen-bond donors (Lipinski definition) is 2. The van der Waals surface area contributed by atoms with Gasteiger partial charge in [0.15, 0.2) is 5.17 Å². The van der Waals surface area contributed by atoms with E-state index in [2.05, 4.69) is 32.9 Å². The zero-order valence-electron chi connectivity index (χ0n) is 20.2. The Kier molecular flexibility index (Phi) is 9.59. The average Bonchev–Trinajstić information content (AvgIpc) is 3.15. The maximum Gasteiger partial charge on any atom is 0.309 e. The Bertz CT molecular complexity index is 896. The summed E-state index contributed by atoms with van der Waals surface area (Å²) in [6.45, 7) is 2.58. The van der Waals surface area contributed by atoms with E-state index in [-0.39, 0.29) is 17.7 Å². The number of hydrazone groups is 1. The normalized spacial score (nSPS) is 21.9. The molecule has 1 saturated carbocycles. The molecule has 35 heavy (non-hydrogen) atoms. The average molecular weight is 501 g/mol. The maximum absolute atomic E-state index is 13.2. The first-order chi connectivity index (χ1) is 17.1. The molecule has 2 saturated heterocycles. The first kappa shape index (κ1) is 25.7. The smallest absolute Gasteiger partial charge is 0.309 e. The minimum atomic E-state index is -0.841. The van der Waals surface area contributed by atoms with Crippen molar-refractivity contribution in [1.82, 2.24) is 15.6 Å². The fourth-order valence-corrected chi connectivity index (χ4v) is 5.98. The molecular formula is C26H36N4O4S. The molecular weight excluding hydrogens is 464 g/mol. The third-order valence-electron chi connectivity index (χ3n) is 7.10. The predicted octanol–water partition coefficient (Wildman–Crippen LogP) is 3.07. The van der Waals surface area contributed by atoms with E-state index in [4.69, 9.17) is 4.74 Å². The number of nitrogens with zero attached hydrogens (tertiary/aromatic N) is 2. The molecule has 1 aromatic carbocycles. The molecule has 0 bridgehead atoms. The number of nitrogens with one attached hydrogen (secondary N) is 2. The van der Waals surface area contributed by atoms with Crippen molar-refractivity contribution in [2.45, 2.75) is 64.0 Å². The van der Waals surface area contributed by atoms with Crippen LogP contribution in [0.25, 0.3) is 0 Å². The van der Waals surface area contributed by atoms with Crippen molar-refractivity contribution >= 4 is 34.5 Å². The Balaban J connectivity index is 1.40. The second kappa shape index (κ2) is 13.1. The van der Waals surface area contributed by atoms with Gasteiger partial charge in [0.25, 0.3) is 0 Å². The zero-order chi connectivity index (χ0) is 24.5. The van der Waals surface area contributed by atoms with E-state index in [0.29, 0.717) is 37.8 Å². The molecule has 2 aliphatic heterocycles. The molecule has 4 rings (SSSR count). The summed E-state index contributed by atoms with van der Waals surface area (Å²) >= 11 is 1.55. The Morgan fingerprint density at radius 2 is 1.74 bits per heavy atom. The summed E-state index contributed by atoms with van der Waals surface area (Å²) in [5, 5.41) is 7.94. The lowest BCUT2D eigenvalue weighted by atomic mass is 9.87. The number of thioether (sulfide) groups is 1. The number of ether oxygens (including phenoxy) is 1. The van der Waals surface area contributed by atoms with Crippen LogP contribution in [0.1, 0.15) is 56.9 Å². The lowest BCUT2D eigenvalue weighted by Gasteiger charge is -2.30. The monoisotopic (exact) mass is 500 g/mol. The van der Waals surface area contributed by atoms with E-state index in [1.807, 2.05) is 18.2 Å². The van der Waals surface area contributed by atoms with Crippen molar-refractivity contribution in [3.63, 3.8) is 0 Å². The molecule has 3 aliphatic rings. The quantitative estimate of drug-likeness (QED) is 0.323. The summed E-state index contributed by atoms with van der Waals surface area (Å²) in [4.78, 5) is 41.3. The first-order valence-electron chi connectivity index (χ1n) is 12.8. The molecule has 3 fully saturated rings. The number of benzene rings is 1. The minimum absolute atomic E-state index is 0.0858. The molecule has 2 N–H and O–H groups in total. The van der Waals surface area contributed by atoms with Gasteiger partial charge in [-0.2, -0.15) is 0 Å². The van der Waals surface area contributed by atoms with E-state index in [1.54, 1.807) is 11.8 Å². The maximum atomic E-state index is 13.2. The molecule has 2 heterocycles. The number of Topliss-reactive ketones (excluding diaryl/α,β-unsaturated/α-hetero) is 1. The van der Waals surface area contributed by atoms with Crippen LogP contribution in [-0.2, 0) is 25.7 Å². The summed E-state index contributed by atoms with van der Waals surface area (Å²) in [5.41, 5.74) is 3.64.